The average molecular weight is 524 g/mol. The van der Waals surface area contributed by atoms with Gasteiger partial charge in [0, 0.05) is 17.6 Å². The smallest absolute Gasteiger partial charge is 0.283 e. The van der Waals surface area contributed by atoms with Crippen LogP contribution in [0.2, 0.25) is 5.02 Å². The summed E-state index contributed by atoms with van der Waals surface area (Å²) in [7, 11) is 0. The van der Waals surface area contributed by atoms with Crippen LogP contribution in [-0.2, 0) is 17.9 Å². The molecule has 1 fully saturated rings. The molecule has 3 rings (SSSR count). The van der Waals surface area contributed by atoms with Gasteiger partial charge in [0.05, 0.1) is 11.9 Å². The van der Waals surface area contributed by atoms with E-state index in [9.17, 15) is 9.59 Å². The third-order valence-electron chi connectivity index (χ3n) is 7.53. The maximum Gasteiger partial charge on any atom is 0.283 e. The van der Waals surface area contributed by atoms with Gasteiger partial charge in [-0.15, -0.1) is 0 Å². The van der Waals surface area contributed by atoms with Crippen LogP contribution in [0, 0.1) is 23.2 Å². The second kappa shape index (κ2) is 9.96. The van der Waals surface area contributed by atoms with Gasteiger partial charge in [-0.2, -0.15) is 5.10 Å². The highest BCUT2D eigenvalue weighted by molar-refractivity contribution is 9.10. The minimum absolute atomic E-state index is 0.162. The first-order valence-electron chi connectivity index (χ1n) is 11.0. The topological polar surface area (TPSA) is 76.0 Å². The van der Waals surface area contributed by atoms with Gasteiger partial charge in [-0.1, -0.05) is 64.4 Å². The molecule has 0 unspecified atom stereocenters. The minimum atomic E-state index is -0.340. The summed E-state index contributed by atoms with van der Waals surface area (Å²) in [5.41, 5.74) is 1.41. The Morgan fingerprint density at radius 2 is 1.97 bits per heavy atom. The molecule has 0 spiro atoms. The van der Waals surface area contributed by atoms with Gasteiger partial charge in [0.1, 0.15) is 11.0 Å². The summed E-state index contributed by atoms with van der Waals surface area (Å²) in [6.45, 7) is 11.7. The van der Waals surface area contributed by atoms with Crippen molar-refractivity contribution in [2.24, 2.45) is 23.2 Å². The molecule has 174 valence electrons. The van der Waals surface area contributed by atoms with Crippen LogP contribution in [0.1, 0.15) is 46.6 Å². The summed E-state index contributed by atoms with van der Waals surface area (Å²) >= 11 is 9.54. The number of carbonyl (C=O) groups excluding carboxylic acids is 1. The number of halogens is 2. The second-order valence-electron chi connectivity index (χ2n) is 9.56. The predicted molar refractivity (Wildman–Crippen MR) is 133 cm³/mol. The molecular formula is C24H32BrClN4O2. The van der Waals surface area contributed by atoms with E-state index in [1.54, 1.807) is 12.3 Å². The van der Waals surface area contributed by atoms with Gasteiger partial charge in [-0.05, 0) is 57.1 Å². The van der Waals surface area contributed by atoms with Gasteiger partial charge in [0.15, 0.2) is 0 Å². The van der Waals surface area contributed by atoms with Crippen molar-refractivity contribution in [1.82, 2.24) is 15.1 Å². The highest BCUT2D eigenvalue weighted by Crippen LogP contribution is 2.48. The lowest BCUT2D eigenvalue weighted by Gasteiger charge is -2.50. The van der Waals surface area contributed by atoms with Gasteiger partial charge in [0.25, 0.3) is 5.56 Å². The molecule has 6 nitrogen and oxygen atoms in total. The number of anilines is 1. The van der Waals surface area contributed by atoms with E-state index < -0.39 is 0 Å². The highest BCUT2D eigenvalue weighted by Gasteiger charge is 2.43. The fourth-order valence-electron chi connectivity index (χ4n) is 4.47. The van der Waals surface area contributed by atoms with Crippen molar-refractivity contribution < 1.29 is 4.79 Å². The molecule has 32 heavy (non-hydrogen) atoms. The standard InChI is InChI=1S/C24H32BrClN4O2/c1-14-10-19(15(2)16(3)24(14,4)5)29-20-12-28-30(23(32)22(20)25)13-21(31)27-11-17-8-6-7-9-18(17)26/h6-9,12,14-16,19,29H,10-11,13H2,1-5H3,(H,27,31)/t14-,15+,16+,19+/m0/s1. The van der Waals surface area contributed by atoms with Crippen molar-refractivity contribution in [2.45, 2.75) is 60.2 Å². The molecule has 2 aromatic rings. The van der Waals surface area contributed by atoms with Crippen LogP contribution in [0.4, 0.5) is 5.69 Å². The fraction of sp³-hybridized carbons (Fsp3) is 0.542. The molecule has 1 aliphatic carbocycles. The van der Waals surface area contributed by atoms with E-state index in [0.717, 1.165) is 16.7 Å². The van der Waals surface area contributed by atoms with Crippen LogP contribution in [0.15, 0.2) is 39.7 Å². The number of hydrogen-bond acceptors (Lipinski definition) is 4. The molecular weight excluding hydrogens is 492 g/mol. The van der Waals surface area contributed by atoms with Crippen LogP contribution >= 0.6 is 27.5 Å². The summed E-state index contributed by atoms with van der Waals surface area (Å²) in [4.78, 5) is 25.2. The zero-order chi connectivity index (χ0) is 23.6. The van der Waals surface area contributed by atoms with Crippen LogP contribution in [0.25, 0.3) is 0 Å². The van der Waals surface area contributed by atoms with Gasteiger partial charge >= 0.3 is 0 Å². The van der Waals surface area contributed by atoms with E-state index in [0.29, 0.717) is 39.5 Å². The molecule has 1 saturated carbocycles. The lowest BCUT2D eigenvalue weighted by Crippen LogP contribution is -2.48. The van der Waals surface area contributed by atoms with E-state index in [-0.39, 0.29) is 29.5 Å². The zero-order valence-electron chi connectivity index (χ0n) is 19.3. The molecule has 1 aromatic heterocycles. The lowest BCUT2D eigenvalue weighted by atomic mass is 9.58. The lowest BCUT2D eigenvalue weighted by molar-refractivity contribution is -0.122. The van der Waals surface area contributed by atoms with Gasteiger partial charge in [-0.3, -0.25) is 9.59 Å². The summed E-state index contributed by atoms with van der Waals surface area (Å²) in [6, 6.07) is 7.56. The number of hydrogen-bond donors (Lipinski definition) is 2. The second-order valence-corrected chi connectivity index (χ2v) is 10.8. The molecule has 1 aliphatic rings. The monoisotopic (exact) mass is 522 g/mol. The van der Waals surface area contributed by atoms with E-state index in [1.165, 1.54) is 0 Å². The van der Waals surface area contributed by atoms with Crippen molar-refractivity contribution in [1.29, 1.82) is 0 Å². The maximum absolute atomic E-state index is 12.8. The number of rotatable bonds is 6. The average Bonchev–Trinajstić information content (AvgIpc) is 2.75. The largest absolute Gasteiger partial charge is 0.380 e. The quantitative estimate of drug-likeness (QED) is 0.553. The Morgan fingerprint density at radius 1 is 1.28 bits per heavy atom. The SMILES string of the molecule is C[C@@H]1[C@@H](C)C(C)(C)[C@@H](C)C[C@H]1Nc1cnn(CC(=O)NCc2ccccc2Cl)c(=O)c1Br. The maximum atomic E-state index is 12.8. The predicted octanol–water partition coefficient (Wildman–Crippen LogP) is 5.09. The van der Waals surface area contributed by atoms with Crippen molar-refractivity contribution in [3.05, 3.63) is 55.9 Å². The van der Waals surface area contributed by atoms with Crippen LogP contribution in [0.5, 0.6) is 0 Å². The van der Waals surface area contributed by atoms with Crippen molar-refractivity contribution in [3.63, 3.8) is 0 Å². The summed E-state index contributed by atoms with van der Waals surface area (Å²) in [5, 5.41) is 11.1. The third-order valence-corrected chi connectivity index (χ3v) is 8.66. The summed E-state index contributed by atoms with van der Waals surface area (Å²) in [6.07, 6.45) is 2.65. The number of benzene rings is 1. The first-order valence-corrected chi connectivity index (χ1v) is 12.2. The molecule has 8 heteroatoms. The Labute approximate surface area is 203 Å². The summed E-state index contributed by atoms with van der Waals surface area (Å²) < 4.78 is 1.55. The third kappa shape index (κ3) is 5.20. The van der Waals surface area contributed by atoms with Crippen molar-refractivity contribution in [2.75, 3.05) is 5.32 Å². The normalized spacial score (nSPS) is 24.7. The molecule has 1 heterocycles. The van der Waals surface area contributed by atoms with E-state index >= 15 is 0 Å². The van der Waals surface area contributed by atoms with Gasteiger partial charge in [0.2, 0.25) is 5.91 Å². The summed E-state index contributed by atoms with van der Waals surface area (Å²) in [5.74, 6) is 1.24. The van der Waals surface area contributed by atoms with E-state index in [2.05, 4.69) is 66.3 Å². The molecule has 2 N–H and O–H groups in total. The first kappa shape index (κ1) is 24.8. The Bertz CT molecular complexity index is 1040. The molecule has 0 saturated heterocycles. The van der Waals surface area contributed by atoms with Crippen LogP contribution in [-0.4, -0.2) is 21.7 Å². The van der Waals surface area contributed by atoms with Crippen LogP contribution in [0.3, 0.4) is 0 Å². The van der Waals surface area contributed by atoms with E-state index in [4.69, 9.17) is 11.6 Å². The minimum Gasteiger partial charge on any atom is -0.380 e. The Balaban J connectivity index is 1.67. The molecule has 4 atom stereocenters. The van der Waals surface area contributed by atoms with E-state index in [1.807, 2.05) is 18.2 Å². The number of nitrogens with one attached hydrogen (secondary N) is 2. The first-order chi connectivity index (χ1) is 15.0. The Morgan fingerprint density at radius 3 is 2.66 bits per heavy atom. The number of nitrogens with zero attached hydrogens (tertiary/aromatic N) is 2. The number of amides is 1. The van der Waals surface area contributed by atoms with Crippen molar-refractivity contribution in [3.8, 4) is 0 Å². The molecule has 1 amide bonds. The Kier molecular flexibility index (Phi) is 7.71. The zero-order valence-corrected chi connectivity index (χ0v) is 21.6. The number of carbonyl (C=O) groups is 1. The molecule has 0 aliphatic heterocycles. The fourth-order valence-corrected chi connectivity index (χ4v) is 5.09. The Hall–Kier alpha value is -1.86. The molecule has 0 radical (unpaired) electrons. The molecule has 1 aromatic carbocycles. The number of aromatic nitrogens is 2. The van der Waals surface area contributed by atoms with Crippen molar-refractivity contribution >= 4 is 39.1 Å². The molecule has 0 bridgehead atoms. The highest BCUT2D eigenvalue weighted by atomic mass is 79.9. The van der Waals surface area contributed by atoms with Gasteiger partial charge in [-0.25, -0.2) is 4.68 Å². The van der Waals surface area contributed by atoms with Gasteiger partial charge < -0.3 is 10.6 Å². The van der Waals surface area contributed by atoms with Crippen LogP contribution < -0.4 is 16.2 Å².